The number of fused-ring (bicyclic) bond motifs is 1. The standard InChI is InChI=1S/C27H33N3O3/c1-19-8-9-20(14-25(19)32-18-26(31)33-27(2,3)4)16-30-13-11-22(17-30)29-24-7-5-6-21-15-28-12-10-23(21)24/h5-10,12,14-15,22,29H,11,13,16-18H2,1-4H3. The first-order chi connectivity index (χ1) is 15.8. The fourth-order valence-electron chi connectivity index (χ4n) is 4.23. The van der Waals surface area contributed by atoms with Crippen molar-refractivity contribution in [3.05, 3.63) is 66.0 Å². The van der Waals surface area contributed by atoms with Gasteiger partial charge in [0.25, 0.3) is 0 Å². The van der Waals surface area contributed by atoms with Gasteiger partial charge in [-0.1, -0.05) is 24.3 Å². The van der Waals surface area contributed by atoms with E-state index < -0.39 is 5.60 Å². The van der Waals surface area contributed by atoms with Crippen LogP contribution in [0.2, 0.25) is 0 Å². The van der Waals surface area contributed by atoms with Crippen molar-refractivity contribution in [1.82, 2.24) is 9.88 Å². The molecule has 2 aromatic carbocycles. The van der Waals surface area contributed by atoms with E-state index >= 15 is 0 Å². The molecule has 3 aromatic rings. The predicted molar refractivity (Wildman–Crippen MR) is 132 cm³/mol. The van der Waals surface area contributed by atoms with Crippen LogP contribution < -0.4 is 10.1 Å². The SMILES string of the molecule is Cc1ccc(CN2CCC(Nc3cccc4cnccc34)C2)cc1OCC(=O)OC(C)(C)C. The van der Waals surface area contributed by atoms with Crippen molar-refractivity contribution in [1.29, 1.82) is 0 Å². The Kier molecular flexibility index (Phi) is 6.84. The van der Waals surface area contributed by atoms with E-state index in [9.17, 15) is 4.79 Å². The minimum atomic E-state index is -0.513. The lowest BCUT2D eigenvalue weighted by Gasteiger charge is -2.20. The van der Waals surface area contributed by atoms with E-state index in [2.05, 4.69) is 51.6 Å². The number of likely N-dealkylation sites (tertiary alicyclic amines) is 1. The van der Waals surface area contributed by atoms with Gasteiger partial charge in [0.2, 0.25) is 0 Å². The summed E-state index contributed by atoms with van der Waals surface area (Å²) in [6.45, 7) is 10.3. The van der Waals surface area contributed by atoms with Gasteiger partial charge in [0.15, 0.2) is 6.61 Å². The van der Waals surface area contributed by atoms with E-state index in [-0.39, 0.29) is 12.6 Å². The minimum Gasteiger partial charge on any atom is -0.482 e. The van der Waals surface area contributed by atoms with Crippen LogP contribution in [0.1, 0.15) is 38.3 Å². The summed E-state index contributed by atoms with van der Waals surface area (Å²) in [6, 6.07) is 15.0. The van der Waals surface area contributed by atoms with Gasteiger partial charge >= 0.3 is 5.97 Å². The minimum absolute atomic E-state index is 0.0855. The molecule has 0 spiro atoms. The van der Waals surface area contributed by atoms with Gasteiger partial charge in [-0.05, 0) is 63.4 Å². The summed E-state index contributed by atoms with van der Waals surface area (Å²) in [5.74, 6) is 0.376. The van der Waals surface area contributed by atoms with Crippen molar-refractivity contribution in [2.45, 2.75) is 52.3 Å². The molecule has 0 aliphatic carbocycles. The molecule has 2 heterocycles. The van der Waals surface area contributed by atoms with Crippen LogP contribution in [0.5, 0.6) is 5.75 Å². The van der Waals surface area contributed by atoms with Gasteiger partial charge < -0.3 is 14.8 Å². The zero-order valence-electron chi connectivity index (χ0n) is 19.9. The average molecular weight is 448 g/mol. The Morgan fingerprint density at radius 2 is 2.06 bits per heavy atom. The van der Waals surface area contributed by atoms with Crippen molar-refractivity contribution >= 4 is 22.4 Å². The van der Waals surface area contributed by atoms with Crippen molar-refractivity contribution in [2.24, 2.45) is 0 Å². The maximum Gasteiger partial charge on any atom is 0.344 e. The lowest BCUT2D eigenvalue weighted by molar-refractivity contribution is -0.157. The zero-order valence-corrected chi connectivity index (χ0v) is 19.9. The molecule has 1 N–H and O–H groups in total. The summed E-state index contributed by atoms with van der Waals surface area (Å²) < 4.78 is 11.1. The number of aromatic nitrogens is 1. The van der Waals surface area contributed by atoms with Gasteiger partial charge in [-0.3, -0.25) is 9.88 Å². The van der Waals surface area contributed by atoms with Crippen LogP contribution >= 0.6 is 0 Å². The fraction of sp³-hybridized carbons (Fsp3) is 0.407. The molecule has 1 fully saturated rings. The lowest BCUT2D eigenvalue weighted by Crippen LogP contribution is -2.27. The normalized spacial score (nSPS) is 16.7. The van der Waals surface area contributed by atoms with Crippen LogP contribution in [0.25, 0.3) is 10.8 Å². The molecule has 0 bridgehead atoms. The number of nitrogens with zero attached hydrogens (tertiary/aromatic N) is 2. The summed E-state index contributed by atoms with van der Waals surface area (Å²) in [4.78, 5) is 18.7. The molecule has 1 aromatic heterocycles. The van der Waals surface area contributed by atoms with Gasteiger partial charge in [0.1, 0.15) is 11.4 Å². The number of carbonyl (C=O) groups is 1. The second-order valence-electron chi connectivity index (χ2n) is 9.74. The molecule has 4 rings (SSSR count). The highest BCUT2D eigenvalue weighted by atomic mass is 16.6. The summed E-state index contributed by atoms with van der Waals surface area (Å²) in [7, 11) is 0. The molecule has 6 nitrogen and oxygen atoms in total. The summed E-state index contributed by atoms with van der Waals surface area (Å²) in [5, 5.41) is 6.08. The number of rotatable bonds is 7. The van der Waals surface area contributed by atoms with Gasteiger partial charge in [0, 0.05) is 54.5 Å². The molecule has 1 aliphatic heterocycles. The second-order valence-corrected chi connectivity index (χ2v) is 9.74. The third-order valence-corrected chi connectivity index (χ3v) is 5.74. The molecular formula is C27H33N3O3. The Labute approximate surface area is 195 Å². The number of hydrogen-bond acceptors (Lipinski definition) is 6. The number of ether oxygens (including phenoxy) is 2. The van der Waals surface area contributed by atoms with Crippen LogP contribution in [-0.2, 0) is 16.1 Å². The largest absolute Gasteiger partial charge is 0.482 e. The molecule has 174 valence electrons. The predicted octanol–water partition coefficient (Wildman–Crippen LogP) is 4.95. The Morgan fingerprint density at radius 1 is 1.21 bits per heavy atom. The molecule has 0 radical (unpaired) electrons. The highest BCUT2D eigenvalue weighted by Gasteiger charge is 2.23. The molecule has 1 atom stereocenters. The fourth-order valence-corrected chi connectivity index (χ4v) is 4.23. The topological polar surface area (TPSA) is 63.7 Å². The summed E-state index contributed by atoms with van der Waals surface area (Å²) in [6.07, 6.45) is 4.84. The van der Waals surface area contributed by atoms with E-state index in [1.54, 1.807) is 0 Å². The summed E-state index contributed by atoms with van der Waals surface area (Å²) >= 11 is 0. The maximum absolute atomic E-state index is 12.0. The summed E-state index contributed by atoms with van der Waals surface area (Å²) in [5.41, 5.74) is 2.83. The van der Waals surface area contributed by atoms with Gasteiger partial charge in [-0.15, -0.1) is 0 Å². The smallest absolute Gasteiger partial charge is 0.344 e. The Bertz CT molecular complexity index is 1120. The van der Waals surface area contributed by atoms with E-state index in [0.29, 0.717) is 6.04 Å². The molecule has 1 saturated heterocycles. The third kappa shape index (κ3) is 6.23. The van der Waals surface area contributed by atoms with Crippen LogP contribution in [0, 0.1) is 6.92 Å². The number of anilines is 1. The molecule has 1 unspecified atom stereocenters. The number of nitrogens with one attached hydrogen (secondary N) is 1. The first kappa shape index (κ1) is 23.1. The Morgan fingerprint density at radius 3 is 2.88 bits per heavy atom. The Hall–Kier alpha value is -3.12. The molecule has 0 amide bonds. The van der Waals surface area contributed by atoms with Crippen molar-refractivity contribution < 1.29 is 14.3 Å². The van der Waals surface area contributed by atoms with Gasteiger partial charge in [0.05, 0.1) is 0 Å². The molecule has 6 heteroatoms. The maximum atomic E-state index is 12.0. The first-order valence-corrected chi connectivity index (χ1v) is 11.5. The lowest BCUT2D eigenvalue weighted by atomic mass is 10.1. The molecular weight excluding hydrogens is 414 g/mol. The van der Waals surface area contributed by atoms with Gasteiger partial charge in [-0.25, -0.2) is 4.79 Å². The van der Waals surface area contributed by atoms with Crippen molar-refractivity contribution in [3.8, 4) is 5.75 Å². The second kappa shape index (κ2) is 9.79. The monoisotopic (exact) mass is 447 g/mol. The molecule has 33 heavy (non-hydrogen) atoms. The molecule has 1 aliphatic rings. The van der Waals surface area contributed by atoms with E-state index in [0.717, 1.165) is 48.4 Å². The van der Waals surface area contributed by atoms with Crippen LogP contribution in [0.15, 0.2) is 54.9 Å². The quantitative estimate of drug-likeness (QED) is 0.517. The third-order valence-electron chi connectivity index (χ3n) is 5.74. The highest BCUT2D eigenvalue weighted by molar-refractivity contribution is 5.93. The number of hydrogen-bond donors (Lipinski definition) is 1. The van der Waals surface area contributed by atoms with E-state index in [1.807, 2.05) is 46.2 Å². The van der Waals surface area contributed by atoms with E-state index in [1.165, 1.54) is 10.9 Å². The van der Waals surface area contributed by atoms with Crippen LogP contribution in [-0.4, -0.2) is 47.2 Å². The number of pyridine rings is 1. The van der Waals surface area contributed by atoms with Crippen molar-refractivity contribution in [3.63, 3.8) is 0 Å². The van der Waals surface area contributed by atoms with Gasteiger partial charge in [-0.2, -0.15) is 0 Å². The van der Waals surface area contributed by atoms with Crippen molar-refractivity contribution in [2.75, 3.05) is 25.0 Å². The number of aryl methyl sites for hydroxylation is 1. The average Bonchev–Trinajstić information content (AvgIpc) is 3.20. The molecule has 0 saturated carbocycles. The number of carbonyl (C=O) groups excluding carboxylic acids is 1. The number of esters is 1. The van der Waals surface area contributed by atoms with Crippen LogP contribution in [0.4, 0.5) is 5.69 Å². The van der Waals surface area contributed by atoms with Crippen LogP contribution in [0.3, 0.4) is 0 Å². The number of benzene rings is 2. The highest BCUT2D eigenvalue weighted by Crippen LogP contribution is 2.26. The van der Waals surface area contributed by atoms with E-state index in [4.69, 9.17) is 9.47 Å². The first-order valence-electron chi connectivity index (χ1n) is 11.5. The Balaban J connectivity index is 1.34. The zero-order chi connectivity index (χ0) is 23.4.